The lowest BCUT2D eigenvalue weighted by Gasteiger charge is -2.05. The minimum absolute atomic E-state index is 0.181. The predicted molar refractivity (Wildman–Crippen MR) is 42.0 cm³/mol. The average Bonchev–Trinajstić information content (AvgIpc) is 2.75. The lowest BCUT2D eigenvalue weighted by Crippen LogP contribution is -2.31. The standard InChI is InChI=1S/C8H12N2O2/c9-7(11)5-3-6(4-1-2-4)10-8(5)12/h4-6H,1-3H2,(H2,9,11)(H,10,12). The van der Waals surface area contributed by atoms with Gasteiger partial charge in [0.2, 0.25) is 11.8 Å². The average molecular weight is 168 g/mol. The summed E-state index contributed by atoms with van der Waals surface area (Å²) in [5.74, 6) is -0.635. The highest BCUT2D eigenvalue weighted by Gasteiger charge is 2.42. The van der Waals surface area contributed by atoms with Crippen molar-refractivity contribution in [3.8, 4) is 0 Å². The molecule has 2 aliphatic rings. The van der Waals surface area contributed by atoms with Gasteiger partial charge in [-0.25, -0.2) is 0 Å². The first kappa shape index (κ1) is 7.58. The molecule has 3 N–H and O–H groups in total. The molecule has 1 heterocycles. The quantitative estimate of drug-likeness (QED) is 0.540. The lowest BCUT2D eigenvalue weighted by atomic mass is 10.0. The van der Waals surface area contributed by atoms with Gasteiger partial charge in [-0.1, -0.05) is 0 Å². The third-order valence-electron chi connectivity index (χ3n) is 2.67. The van der Waals surface area contributed by atoms with E-state index in [1.165, 1.54) is 12.8 Å². The van der Waals surface area contributed by atoms with Crippen molar-refractivity contribution in [2.75, 3.05) is 0 Å². The van der Waals surface area contributed by atoms with Crippen molar-refractivity contribution in [1.82, 2.24) is 5.32 Å². The monoisotopic (exact) mass is 168 g/mol. The predicted octanol–water partition coefficient (Wildman–Crippen LogP) is -0.614. The number of hydrogen-bond acceptors (Lipinski definition) is 2. The molecule has 0 bridgehead atoms. The van der Waals surface area contributed by atoms with Crippen LogP contribution in [-0.2, 0) is 9.59 Å². The molecule has 12 heavy (non-hydrogen) atoms. The highest BCUT2D eigenvalue weighted by molar-refractivity contribution is 6.01. The van der Waals surface area contributed by atoms with E-state index in [-0.39, 0.29) is 11.9 Å². The van der Waals surface area contributed by atoms with Crippen molar-refractivity contribution in [3.05, 3.63) is 0 Å². The molecule has 4 heteroatoms. The molecule has 0 spiro atoms. The van der Waals surface area contributed by atoms with Crippen LogP contribution in [0, 0.1) is 11.8 Å². The number of primary amides is 1. The largest absolute Gasteiger partial charge is 0.369 e. The fourth-order valence-corrected chi connectivity index (χ4v) is 1.76. The van der Waals surface area contributed by atoms with Gasteiger partial charge in [0.25, 0.3) is 0 Å². The molecule has 66 valence electrons. The van der Waals surface area contributed by atoms with Crippen LogP contribution in [0.5, 0.6) is 0 Å². The van der Waals surface area contributed by atoms with E-state index in [2.05, 4.69) is 5.32 Å². The first-order chi connectivity index (χ1) is 5.68. The van der Waals surface area contributed by atoms with Gasteiger partial charge in [0, 0.05) is 6.04 Å². The fourth-order valence-electron chi connectivity index (χ4n) is 1.76. The topological polar surface area (TPSA) is 72.2 Å². The van der Waals surface area contributed by atoms with E-state index in [1.807, 2.05) is 0 Å². The maximum absolute atomic E-state index is 11.1. The maximum Gasteiger partial charge on any atom is 0.232 e. The van der Waals surface area contributed by atoms with Crippen molar-refractivity contribution < 1.29 is 9.59 Å². The molecule has 2 amide bonds. The molecule has 2 atom stereocenters. The van der Waals surface area contributed by atoms with Gasteiger partial charge in [-0.3, -0.25) is 9.59 Å². The van der Waals surface area contributed by atoms with Gasteiger partial charge in [-0.15, -0.1) is 0 Å². The molecule has 1 aliphatic heterocycles. The Labute approximate surface area is 70.5 Å². The Balaban J connectivity index is 2.01. The molecular weight excluding hydrogens is 156 g/mol. The Bertz CT molecular complexity index is 235. The summed E-state index contributed by atoms with van der Waals surface area (Å²) >= 11 is 0. The van der Waals surface area contributed by atoms with Gasteiger partial charge >= 0.3 is 0 Å². The highest BCUT2D eigenvalue weighted by Crippen LogP contribution is 2.37. The molecule has 2 rings (SSSR count). The third kappa shape index (κ3) is 1.17. The number of carbonyl (C=O) groups excluding carboxylic acids is 2. The normalized spacial score (nSPS) is 34.8. The number of nitrogens with two attached hydrogens (primary N) is 1. The molecular formula is C8H12N2O2. The van der Waals surface area contributed by atoms with Crippen LogP contribution in [0.15, 0.2) is 0 Å². The zero-order valence-corrected chi connectivity index (χ0v) is 6.75. The number of amides is 2. The van der Waals surface area contributed by atoms with Crippen molar-refractivity contribution in [3.63, 3.8) is 0 Å². The summed E-state index contributed by atoms with van der Waals surface area (Å²) in [6.45, 7) is 0. The van der Waals surface area contributed by atoms with E-state index in [4.69, 9.17) is 5.73 Å². The number of nitrogens with one attached hydrogen (secondary N) is 1. The summed E-state index contributed by atoms with van der Waals surface area (Å²) in [5.41, 5.74) is 5.07. The Kier molecular flexibility index (Phi) is 1.56. The second-order valence-electron chi connectivity index (χ2n) is 3.64. The van der Waals surface area contributed by atoms with Crippen LogP contribution >= 0.6 is 0 Å². The van der Waals surface area contributed by atoms with Crippen LogP contribution < -0.4 is 11.1 Å². The minimum Gasteiger partial charge on any atom is -0.369 e. The SMILES string of the molecule is NC(=O)C1CC(C2CC2)NC1=O. The fraction of sp³-hybridized carbons (Fsp3) is 0.750. The van der Waals surface area contributed by atoms with E-state index < -0.39 is 11.8 Å². The zero-order chi connectivity index (χ0) is 8.72. The summed E-state index contributed by atoms with van der Waals surface area (Å²) in [5, 5.41) is 2.81. The van der Waals surface area contributed by atoms with Gasteiger partial charge in [0.1, 0.15) is 5.92 Å². The van der Waals surface area contributed by atoms with Crippen molar-refractivity contribution in [2.45, 2.75) is 25.3 Å². The van der Waals surface area contributed by atoms with Gasteiger partial charge in [0.05, 0.1) is 0 Å². The molecule has 2 unspecified atom stereocenters. The van der Waals surface area contributed by atoms with Crippen LogP contribution in [0.25, 0.3) is 0 Å². The molecule has 0 radical (unpaired) electrons. The third-order valence-corrected chi connectivity index (χ3v) is 2.67. The van der Waals surface area contributed by atoms with E-state index in [0.29, 0.717) is 12.3 Å². The molecule has 0 aromatic carbocycles. The first-order valence-corrected chi connectivity index (χ1v) is 4.28. The van der Waals surface area contributed by atoms with Gasteiger partial charge < -0.3 is 11.1 Å². The molecule has 4 nitrogen and oxygen atoms in total. The summed E-state index contributed by atoms with van der Waals surface area (Å²) in [6, 6.07) is 0.218. The first-order valence-electron chi connectivity index (χ1n) is 4.28. The Morgan fingerprint density at radius 2 is 2.17 bits per heavy atom. The van der Waals surface area contributed by atoms with Crippen LogP contribution in [0.4, 0.5) is 0 Å². The van der Waals surface area contributed by atoms with Gasteiger partial charge in [-0.05, 0) is 25.2 Å². The van der Waals surface area contributed by atoms with Crippen molar-refractivity contribution >= 4 is 11.8 Å². The van der Waals surface area contributed by atoms with Crippen molar-refractivity contribution in [2.24, 2.45) is 17.6 Å². The molecule has 0 aromatic heterocycles. The Morgan fingerprint density at radius 3 is 2.58 bits per heavy atom. The van der Waals surface area contributed by atoms with E-state index in [0.717, 1.165) is 0 Å². The summed E-state index contributed by atoms with van der Waals surface area (Å²) in [7, 11) is 0. The second-order valence-corrected chi connectivity index (χ2v) is 3.64. The molecule has 1 aliphatic carbocycles. The van der Waals surface area contributed by atoms with Gasteiger partial charge in [-0.2, -0.15) is 0 Å². The van der Waals surface area contributed by atoms with E-state index >= 15 is 0 Å². The maximum atomic E-state index is 11.1. The Hall–Kier alpha value is -1.06. The van der Waals surface area contributed by atoms with Crippen LogP contribution in [0.2, 0.25) is 0 Å². The van der Waals surface area contributed by atoms with Crippen LogP contribution in [0.3, 0.4) is 0 Å². The van der Waals surface area contributed by atoms with Crippen molar-refractivity contribution in [1.29, 1.82) is 0 Å². The molecule has 1 saturated heterocycles. The summed E-state index contributed by atoms with van der Waals surface area (Å²) in [6.07, 6.45) is 2.96. The van der Waals surface area contributed by atoms with E-state index in [9.17, 15) is 9.59 Å². The molecule has 0 aromatic rings. The summed E-state index contributed by atoms with van der Waals surface area (Å²) < 4.78 is 0. The Morgan fingerprint density at radius 1 is 1.50 bits per heavy atom. The number of carbonyl (C=O) groups is 2. The smallest absolute Gasteiger partial charge is 0.232 e. The molecule has 1 saturated carbocycles. The number of hydrogen-bond donors (Lipinski definition) is 2. The van der Waals surface area contributed by atoms with Crippen LogP contribution in [-0.4, -0.2) is 17.9 Å². The zero-order valence-electron chi connectivity index (χ0n) is 6.75. The van der Waals surface area contributed by atoms with Crippen LogP contribution in [0.1, 0.15) is 19.3 Å². The number of rotatable bonds is 2. The van der Waals surface area contributed by atoms with Gasteiger partial charge in [0.15, 0.2) is 0 Å². The van der Waals surface area contributed by atoms with E-state index in [1.54, 1.807) is 0 Å². The molecule has 2 fully saturated rings. The second kappa shape index (κ2) is 2.47. The minimum atomic E-state index is -0.574. The lowest BCUT2D eigenvalue weighted by molar-refractivity contribution is -0.131. The summed E-state index contributed by atoms with van der Waals surface area (Å²) in [4.78, 5) is 21.9. The highest BCUT2D eigenvalue weighted by atomic mass is 16.2.